The maximum atomic E-state index is 11.4. The topological polar surface area (TPSA) is 46.5 Å². The van der Waals surface area contributed by atoms with Crippen LogP contribution < -0.4 is 0 Å². The van der Waals surface area contributed by atoms with Crippen molar-refractivity contribution in [2.45, 2.75) is 58.5 Å². The minimum atomic E-state index is -1.23. The largest absolute Gasteiger partial charge is 0.467 e. The Morgan fingerprint density at radius 1 is 1.44 bits per heavy atom. The Morgan fingerprint density at radius 2 is 1.94 bits per heavy atom. The van der Waals surface area contributed by atoms with E-state index < -0.39 is 11.6 Å². The first kappa shape index (κ1) is 13.5. The van der Waals surface area contributed by atoms with E-state index in [1.807, 2.05) is 0 Å². The first-order valence-corrected chi connectivity index (χ1v) is 6.16. The van der Waals surface area contributed by atoms with Crippen molar-refractivity contribution in [3.8, 4) is 0 Å². The van der Waals surface area contributed by atoms with Crippen molar-refractivity contribution < 1.29 is 14.6 Å². The van der Waals surface area contributed by atoms with Gasteiger partial charge in [-0.2, -0.15) is 0 Å². The summed E-state index contributed by atoms with van der Waals surface area (Å²) in [5.74, 6) is 0.127. The van der Waals surface area contributed by atoms with E-state index in [0.29, 0.717) is 24.2 Å². The molecule has 1 N–H and O–H groups in total. The van der Waals surface area contributed by atoms with Gasteiger partial charge in [0.25, 0.3) is 0 Å². The fraction of sp³-hybridized carbons (Fsp3) is 0.923. The number of hydrogen-bond donors (Lipinski definition) is 1. The van der Waals surface area contributed by atoms with E-state index in [1.165, 1.54) is 7.11 Å². The third kappa shape index (κ3) is 2.57. The lowest BCUT2D eigenvalue weighted by Crippen LogP contribution is -2.44. The molecular weight excluding hydrogens is 204 g/mol. The standard InChI is InChI=1S/C13H24O3/c1-5-12(2,3)10-6-8-13(15,9-7-10)11(14)16-4/h10,15H,5-9H2,1-4H3. The second-order valence-corrected chi connectivity index (χ2v) is 5.64. The van der Waals surface area contributed by atoms with Gasteiger partial charge in [-0.25, -0.2) is 4.79 Å². The van der Waals surface area contributed by atoms with Crippen LogP contribution in [0.25, 0.3) is 0 Å². The minimum Gasteiger partial charge on any atom is -0.467 e. The van der Waals surface area contributed by atoms with Crippen LogP contribution in [-0.4, -0.2) is 23.8 Å². The molecule has 1 aliphatic rings. The molecule has 0 aromatic rings. The lowest BCUT2D eigenvalue weighted by Gasteiger charge is -2.41. The van der Waals surface area contributed by atoms with Crippen LogP contribution in [-0.2, 0) is 9.53 Å². The third-order valence-electron chi connectivity index (χ3n) is 4.39. The molecule has 0 aromatic heterocycles. The second kappa shape index (κ2) is 4.74. The van der Waals surface area contributed by atoms with Crippen molar-refractivity contribution in [2.75, 3.05) is 7.11 Å². The van der Waals surface area contributed by atoms with E-state index in [9.17, 15) is 9.90 Å². The van der Waals surface area contributed by atoms with E-state index in [-0.39, 0.29) is 0 Å². The fourth-order valence-corrected chi connectivity index (χ4v) is 2.56. The van der Waals surface area contributed by atoms with Gasteiger partial charge < -0.3 is 9.84 Å². The first-order valence-electron chi connectivity index (χ1n) is 6.16. The van der Waals surface area contributed by atoms with Crippen molar-refractivity contribution in [2.24, 2.45) is 11.3 Å². The molecule has 16 heavy (non-hydrogen) atoms. The van der Waals surface area contributed by atoms with Gasteiger partial charge in [0, 0.05) is 0 Å². The summed E-state index contributed by atoms with van der Waals surface area (Å²) in [4.78, 5) is 11.4. The van der Waals surface area contributed by atoms with E-state index >= 15 is 0 Å². The number of ether oxygens (including phenoxy) is 1. The highest BCUT2D eigenvalue weighted by molar-refractivity contribution is 5.79. The summed E-state index contributed by atoms with van der Waals surface area (Å²) in [5, 5.41) is 10.1. The van der Waals surface area contributed by atoms with Crippen LogP contribution in [0.15, 0.2) is 0 Å². The van der Waals surface area contributed by atoms with Gasteiger partial charge in [0.1, 0.15) is 0 Å². The Kier molecular flexibility index (Phi) is 4.00. The van der Waals surface area contributed by atoms with Crippen molar-refractivity contribution in [3.63, 3.8) is 0 Å². The van der Waals surface area contributed by atoms with Gasteiger partial charge in [-0.3, -0.25) is 0 Å². The highest BCUT2D eigenvalue weighted by Crippen LogP contribution is 2.43. The molecule has 3 heteroatoms. The van der Waals surface area contributed by atoms with Gasteiger partial charge in [-0.15, -0.1) is 0 Å². The molecule has 0 bridgehead atoms. The number of aliphatic hydroxyl groups is 1. The van der Waals surface area contributed by atoms with E-state index in [0.717, 1.165) is 19.3 Å². The summed E-state index contributed by atoms with van der Waals surface area (Å²) in [7, 11) is 1.34. The van der Waals surface area contributed by atoms with Crippen LogP contribution in [0, 0.1) is 11.3 Å². The first-order chi connectivity index (χ1) is 7.35. The number of esters is 1. The molecule has 0 atom stereocenters. The Morgan fingerprint density at radius 3 is 2.31 bits per heavy atom. The number of methoxy groups -OCH3 is 1. The predicted octanol–water partition coefficient (Wildman–Crippen LogP) is 2.52. The molecule has 0 spiro atoms. The third-order valence-corrected chi connectivity index (χ3v) is 4.39. The fourth-order valence-electron chi connectivity index (χ4n) is 2.56. The Hall–Kier alpha value is -0.570. The Bertz CT molecular complexity index is 250. The molecule has 0 unspecified atom stereocenters. The molecule has 0 radical (unpaired) electrons. The zero-order chi connectivity index (χ0) is 12.4. The van der Waals surface area contributed by atoms with Gasteiger partial charge in [-0.05, 0) is 37.0 Å². The summed E-state index contributed by atoms with van der Waals surface area (Å²) in [6, 6.07) is 0. The predicted molar refractivity (Wildman–Crippen MR) is 63.0 cm³/mol. The van der Waals surface area contributed by atoms with Gasteiger partial charge in [0.2, 0.25) is 0 Å². The lowest BCUT2D eigenvalue weighted by atomic mass is 9.66. The maximum absolute atomic E-state index is 11.4. The average Bonchev–Trinajstić information content (AvgIpc) is 2.28. The number of carbonyl (C=O) groups excluding carboxylic acids is 1. The van der Waals surface area contributed by atoms with Gasteiger partial charge >= 0.3 is 5.97 Å². The lowest BCUT2D eigenvalue weighted by molar-refractivity contribution is -0.167. The molecule has 1 rings (SSSR count). The minimum absolute atomic E-state index is 0.303. The van der Waals surface area contributed by atoms with E-state index in [2.05, 4.69) is 25.5 Å². The zero-order valence-electron chi connectivity index (χ0n) is 10.9. The van der Waals surface area contributed by atoms with Crippen LogP contribution in [0.3, 0.4) is 0 Å². The molecule has 0 aliphatic heterocycles. The molecule has 0 aromatic carbocycles. The number of carbonyl (C=O) groups is 1. The van der Waals surface area contributed by atoms with Crippen LogP contribution in [0.2, 0.25) is 0 Å². The molecule has 94 valence electrons. The summed E-state index contributed by atoms with van der Waals surface area (Å²) in [5.41, 5.74) is -0.924. The van der Waals surface area contributed by atoms with E-state index in [1.54, 1.807) is 0 Å². The normalized spacial score (nSPS) is 31.2. The zero-order valence-corrected chi connectivity index (χ0v) is 10.9. The second-order valence-electron chi connectivity index (χ2n) is 5.64. The summed E-state index contributed by atoms with van der Waals surface area (Å²) in [6.07, 6.45) is 4.02. The molecule has 3 nitrogen and oxygen atoms in total. The highest BCUT2D eigenvalue weighted by Gasteiger charge is 2.43. The molecule has 0 heterocycles. The Balaban J connectivity index is 2.61. The number of hydrogen-bond acceptors (Lipinski definition) is 3. The van der Waals surface area contributed by atoms with E-state index in [4.69, 9.17) is 0 Å². The molecule has 1 saturated carbocycles. The average molecular weight is 228 g/mol. The molecular formula is C13H24O3. The molecule has 1 aliphatic carbocycles. The SMILES string of the molecule is CCC(C)(C)C1CCC(O)(C(=O)OC)CC1. The summed E-state index contributed by atoms with van der Waals surface area (Å²) >= 11 is 0. The highest BCUT2D eigenvalue weighted by atomic mass is 16.5. The van der Waals surface area contributed by atoms with Gasteiger partial charge in [0.05, 0.1) is 7.11 Å². The van der Waals surface area contributed by atoms with Crippen LogP contribution in [0.4, 0.5) is 0 Å². The van der Waals surface area contributed by atoms with Gasteiger partial charge in [0.15, 0.2) is 5.60 Å². The van der Waals surface area contributed by atoms with Crippen molar-refractivity contribution in [1.82, 2.24) is 0 Å². The molecule has 1 fully saturated rings. The Labute approximate surface area is 98.2 Å². The maximum Gasteiger partial charge on any atom is 0.337 e. The summed E-state index contributed by atoms with van der Waals surface area (Å²) in [6.45, 7) is 6.72. The quantitative estimate of drug-likeness (QED) is 0.755. The molecule has 0 saturated heterocycles. The van der Waals surface area contributed by atoms with Crippen molar-refractivity contribution in [3.05, 3.63) is 0 Å². The van der Waals surface area contributed by atoms with Crippen molar-refractivity contribution >= 4 is 5.97 Å². The number of rotatable bonds is 3. The van der Waals surface area contributed by atoms with Crippen LogP contribution in [0.5, 0.6) is 0 Å². The summed E-state index contributed by atoms with van der Waals surface area (Å²) < 4.78 is 4.65. The van der Waals surface area contributed by atoms with Crippen LogP contribution >= 0.6 is 0 Å². The van der Waals surface area contributed by atoms with Gasteiger partial charge in [-0.1, -0.05) is 27.2 Å². The monoisotopic (exact) mass is 228 g/mol. The smallest absolute Gasteiger partial charge is 0.337 e. The van der Waals surface area contributed by atoms with Crippen LogP contribution in [0.1, 0.15) is 52.9 Å². The molecule has 0 amide bonds. The van der Waals surface area contributed by atoms with Crippen molar-refractivity contribution in [1.29, 1.82) is 0 Å².